The molecule has 4 N–H and O–H groups in total. The summed E-state index contributed by atoms with van der Waals surface area (Å²) in [5, 5.41) is 5.66. The fraction of sp³-hybridized carbons (Fsp3) is 0.522. The summed E-state index contributed by atoms with van der Waals surface area (Å²) in [6, 6.07) is 2.28. The average molecular weight is 509 g/mol. The zero-order valence-electron chi connectivity index (χ0n) is 20.7. The summed E-state index contributed by atoms with van der Waals surface area (Å²) in [4.78, 5) is 52.5. The van der Waals surface area contributed by atoms with Crippen LogP contribution in [0.5, 0.6) is 5.75 Å². The molecule has 2 rings (SSSR count). The number of carbonyl (C=O) groups is 4. The third-order valence-electron chi connectivity index (χ3n) is 4.57. The van der Waals surface area contributed by atoms with Gasteiger partial charge in [0, 0.05) is 18.5 Å². The highest BCUT2D eigenvalue weighted by Crippen LogP contribution is 2.32. The first-order valence-electron chi connectivity index (χ1n) is 11.0. The van der Waals surface area contributed by atoms with Crippen LogP contribution in [-0.4, -0.2) is 54.2 Å². The SMILES string of the molecule is COc1cc(C(=O)NCCC(N)=O)cc2sc(COC(=O)[C@@H](NC(=O)OC(C)(C)C)C(C)C)nc12. The molecule has 1 atom stereocenters. The smallest absolute Gasteiger partial charge is 0.408 e. The molecule has 0 aliphatic carbocycles. The minimum Gasteiger partial charge on any atom is -0.494 e. The van der Waals surface area contributed by atoms with Gasteiger partial charge in [-0.2, -0.15) is 0 Å². The lowest BCUT2D eigenvalue weighted by Gasteiger charge is -2.24. The van der Waals surface area contributed by atoms with Gasteiger partial charge < -0.3 is 30.6 Å². The molecule has 0 bridgehead atoms. The van der Waals surface area contributed by atoms with Crippen molar-refractivity contribution in [3.05, 3.63) is 22.7 Å². The number of methoxy groups -OCH3 is 1. The van der Waals surface area contributed by atoms with E-state index >= 15 is 0 Å². The predicted molar refractivity (Wildman–Crippen MR) is 130 cm³/mol. The van der Waals surface area contributed by atoms with E-state index in [1.165, 1.54) is 24.5 Å². The van der Waals surface area contributed by atoms with E-state index < -0.39 is 29.6 Å². The summed E-state index contributed by atoms with van der Waals surface area (Å²) in [7, 11) is 1.46. The number of thiazole rings is 1. The number of carbonyl (C=O) groups excluding carboxylic acids is 4. The highest BCUT2D eigenvalue weighted by molar-refractivity contribution is 7.18. The molecule has 0 saturated carbocycles. The van der Waals surface area contributed by atoms with Gasteiger partial charge in [-0.05, 0) is 38.8 Å². The van der Waals surface area contributed by atoms with E-state index in [1.54, 1.807) is 40.7 Å². The molecule has 0 saturated heterocycles. The van der Waals surface area contributed by atoms with Crippen LogP contribution >= 0.6 is 11.3 Å². The third-order valence-corrected chi connectivity index (χ3v) is 5.55. The molecular weight excluding hydrogens is 476 g/mol. The van der Waals surface area contributed by atoms with Crippen molar-refractivity contribution >= 4 is 45.4 Å². The number of hydrogen-bond acceptors (Lipinski definition) is 9. The third kappa shape index (κ3) is 8.39. The van der Waals surface area contributed by atoms with Crippen LogP contribution in [-0.2, 0) is 25.7 Å². The van der Waals surface area contributed by atoms with Crippen molar-refractivity contribution in [3.8, 4) is 5.75 Å². The highest BCUT2D eigenvalue weighted by atomic mass is 32.1. The van der Waals surface area contributed by atoms with Crippen LogP contribution in [0.15, 0.2) is 12.1 Å². The molecule has 192 valence electrons. The maximum Gasteiger partial charge on any atom is 0.408 e. The van der Waals surface area contributed by atoms with E-state index in [4.69, 9.17) is 19.9 Å². The quantitative estimate of drug-likeness (QED) is 0.413. The van der Waals surface area contributed by atoms with Crippen molar-refractivity contribution in [2.45, 2.75) is 59.3 Å². The number of nitrogens with zero attached hydrogens (tertiary/aromatic N) is 1. The number of fused-ring (bicyclic) bond motifs is 1. The number of aromatic nitrogens is 1. The molecule has 2 aromatic rings. The molecule has 35 heavy (non-hydrogen) atoms. The molecule has 11 nitrogen and oxygen atoms in total. The lowest BCUT2D eigenvalue weighted by atomic mass is 10.1. The maximum atomic E-state index is 12.7. The number of nitrogens with one attached hydrogen (secondary N) is 2. The lowest BCUT2D eigenvalue weighted by Crippen LogP contribution is -2.47. The molecule has 12 heteroatoms. The highest BCUT2D eigenvalue weighted by Gasteiger charge is 2.28. The van der Waals surface area contributed by atoms with Crippen molar-refractivity contribution in [1.82, 2.24) is 15.6 Å². The largest absolute Gasteiger partial charge is 0.494 e. The normalized spacial score (nSPS) is 12.2. The van der Waals surface area contributed by atoms with Gasteiger partial charge in [-0.1, -0.05) is 13.8 Å². The van der Waals surface area contributed by atoms with Crippen molar-refractivity contribution in [2.75, 3.05) is 13.7 Å². The number of hydrogen-bond donors (Lipinski definition) is 3. The monoisotopic (exact) mass is 508 g/mol. The first-order chi connectivity index (χ1) is 16.3. The van der Waals surface area contributed by atoms with Crippen LogP contribution in [0.2, 0.25) is 0 Å². The van der Waals surface area contributed by atoms with E-state index in [1.807, 2.05) is 0 Å². The van der Waals surface area contributed by atoms with Crippen molar-refractivity contribution < 1.29 is 33.4 Å². The Kier molecular flexibility index (Phi) is 9.40. The Morgan fingerprint density at radius 3 is 2.43 bits per heavy atom. The average Bonchev–Trinajstić information content (AvgIpc) is 3.16. The van der Waals surface area contributed by atoms with Gasteiger partial charge in [0.15, 0.2) is 0 Å². The number of primary amides is 1. The number of nitrogens with two attached hydrogens (primary N) is 1. The van der Waals surface area contributed by atoms with Crippen LogP contribution < -0.4 is 21.1 Å². The van der Waals surface area contributed by atoms with Crippen LogP contribution in [0.4, 0.5) is 4.79 Å². The Morgan fingerprint density at radius 1 is 1.17 bits per heavy atom. The van der Waals surface area contributed by atoms with Gasteiger partial charge in [-0.15, -0.1) is 11.3 Å². The number of amides is 3. The number of esters is 1. The van der Waals surface area contributed by atoms with Crippen molar-refractivity contribution in [2.24, 2.45) is 11.7 Å². The van der Waals surface area contributed by atoms with Gasteiger partial charge in [-0.25, -0.2) is 14.6 Å². The minimum atomic E-state index is -0.899. The molecule has 1 heterocycles. The summed E-state index contributed by atoms with van der Waals surface area (Å²) in [6.45, 7) is 8.74. The van der Waals surface area contributed by atoms with Gasteiger partial charge >= 0.3 is 12.1 Å². The second-order valence-electron chi connectivity index (χ2n) is 9.08. The fourth-order valence-corrected chi connectivity index (χ4v) is 3.89. The molecule has 0 spiro atoms. The number of rotatable bonds is 10. The summed E-state index contributed by atoms with van der Waals surface area (Å²) < 4.78 is 16.7. The van der Waals surface area contributed by atoms with E-state index in [0.717, 1.165) is 0 Å². The van der Waals surface area contributed by atoms with E-state index in [2.05, 4.69) is 15.6 Å². The van der Waals surface area contributed by atoms with Gasteiger partial charge in [0.1, 0.15) is 34.5 Å². The summed E-state index contributed by atoms with van der Waals surface area (Å²) >= 11 is 1.24. The summed E-state index contributed by atoms with van der Waals surface area (Å²) in [5.74, 6) is -1.38. The molecule has 0 aliphatic heterocycles. The van der Waals surface area contributed by atoms with Gasteiger partial charge in [0.2, 0.25) is 5.91 Å². The number of ether oxygens (including phenoxy) is 3. The predicted octanol–water partition coefficient (Wildman–Crippen LogP) is 2.50. The number of benzene rings is 1. The standard InChI is InChI=1S/C23H32N4O7S/c1-12(2)18(27-22(31)34-23(3,4)5)21(30)33-11-17-26-19-14(32-6)9-13(10-15(19)35-17)20(29)25-8-7-16(24)28/h9-10,12,18H,7-8,11H2,1-6H3,(H2,24,28)(H,25,29)(H,27,31)/t18-/m0/s1. The second-order valence-corrected chi connectivity index (χ2v) is 10.2. The Bertz CT molecular complexity index is 1090. The van der Waals surface area contributed by atoms with Crippen LogP contribution in [0, 0.1) is 5.92 Å². The Balaban J connectivity index is 2.12. The molecule has 0 radical (unpaired) electrons. The topological polar surface area (TPSA) is 159 Å². The molecule has 1 aromatic heterocycles. The summed E-state index contributed by atoms with van der Waals surface area (Å²) in [5.41, 5.74) is 5.24. The van der Waals surface area contributed by atoms with Crippen LogP contribution in [0.25, 0.3) is 10.2 Å². The van der Waals surface area contributed by atoms with Crippen molar-refractivity contribution in [3.63, 3.8) is 0 Å². The van der Waals surface area contributed by atoms with E-state index in [-0.39, 0.29) is 31.4 Å². The van der Waals surface area contributed by atoms with Crippen LogP contribution in [0.3, 0.4) is 0 Å². The van der Waals surface area contributed by atoms with E-state index in [0.29, 0.717) is 26.5 Å². The second kappa shape index (κ2) is 11.8. The Hall–Kier alpha value is -3.41. The Morgan fingerprint density at radius 2 is 1.86 bits per heavy atom. The summed E-state index contributed by atoms with van der Waals surface area (Å²) in [6.07, 6.45) is -0.680. The van der Waals surface area contributed by atoms with E-state index in [9.17, 15) is 19.2 Å². The molecule has 1 aromatic carbocycles. The first-order valence-corrected chi connectivity index (χ1v) is 11.8. The van der Waals surface area contributed by atoms with Gasteiger partial charge in [0.25, 0.3) is 5.91 Å². The Labute approximate surface area is 207 Å². The lowest BCUT2D eigenvalue weighted by molar-refractivity contribution is -0.148. The number of alkyl carbamates (subject to hydrolysis) is 1. The minimum absolute atomic E-state index is 0.0291. The zero-order chi connectivity index (χ0) is 26.3. The van der Waals surface area contributed by atoms with Crippen LogP contribution in [0.1, 0.15) is 56.4 Å². The molecule has 0 aliphatic rings. The molecule has 3 amide bonds. The fourth-order valence-electron chi connectivity index (χ4n) is 2.95. The first kappa shape index (κ1) is 27.8. The molecule has 0 fully saturated rings. The maximum absolute atomic E-state index is 12.7. The molecule has 0 unspecified atom stereocenters. The van der Waals surface area contributed by atoms with Gasteiger partial charge in [0.05, 0.1) is 11.8 Å². The zero-order valence-corrected chi connectivity index (χ0v) is 21.5. The van der Waals surface area contributed by atoms with Crippen molar-refractivity contribution in [1.29, 1.82) is 0 Å². The van der Waals surface area contributed by atoms with Gasteiger partial charge in [-0.3, -0.25) is 9.59 Å². The molecular formula is C23H32N4O7S.